The molecule has 56 valence electrons. The lowest BCUT2D eigenvalue weighted by Gasteiger charge is -2.16. The first-order valence-corrected chi connectivity index (χ1v) is 3.17. The molecule has 0 aromatic rings. The smallest absolute Gasteiger partial charge is 0.260 e. The molecule has 1 heterocycles. The number of hydrogen-bond acceptors (Lipinski definition) is 3. The van der Waals surface area contributed by atoms with Gasteiger partial charge in [0.25, 0.3) is 5.91 Å². The van der Waals surface area contributed by atoms with Gasteiger partial charge < -0.3 is 5.32 Å². The zero-order valence-electron chi connectivity index (χ0n) is 5.50. The lowest BCUT2D eigenvalue weighted by atomic mass is 10.1. The van der Waals surface area contributed by atoms with Crippen molar-refractivity contribution in [2.45, 2.75) is 12.5 Å². The summed E-state index contributed by atoms with van der Waals surface area (Å²) in [4.78, 5) is 10.7. The van der Waals surface area contributed by atoms with Crippen LogP contribution in [0, 0.1) is 0 Å². The van der Waals surface area contributed by atoms with Crippen LogP contribution in [-0.4, -0.2) is 23.7 Å². The summed E-state index contributed by atoms with van der Waals surface area (Å²) in [6.07, 6.45) is 4.50. The van der Waals surface area contributed by atoms with Gasteiger partial charge in [-0.05, 0) is 6.42 Å². The maximum atomic E-state index is 10.7. The van der Waals surface area contributed by atoms with Gasteiger partial charge in [-0.25, -0.2) is 5.48 Å². The molecule has 0 aromatic heterocycles. The minimum Gasteiger partial charge on any atom is -0.302 e. The van der Waals surface area contributed by atoms with Crippen molar-refractivity contribution < 1.29 is 10.0 Å². The number of nitrogens with one attached hydrogen (secondary N) is 2. The molecular formula is C6H10N2O2. The van der Waals surface area contributed by atoms with Gasteiger partial charge in [0.2, 0.25) is 0 Å². The molecule has 1 unspecified atom stereocenters. The molecule has 4 heteroatoms. The molecule has 0 bridgehead atoms. The summed E-state index contributed by atoms with van der Waals surface area (Å²) >= 11 is 0. The molecule has 1 atom stereocenters. The minimum absolute atomic E-state index is 0.269. The predicted octanol–water partition coefficient (Wildman–Crippen LogP) is -0.590. The van der Waals surface area contributed by atoms with Crippen LogP contribution < -0.4 is 10.8 Å². The van der Waals surface area contributed by atoms with Crippen LogP contribution in [0.1, 0.15) is 6.42 Å². The topological polar surface area (TPSA) is 61.4 Å². The summed E-state index contributed by atoms with van der Waals surface area (Å²) in [7, 11) is 0. The number of amides is 1. The fourth-order valence-electron chi connectivity index (χ4n) is 0.887. The van der Waals surface area contributed by atoms with E-state index in [4.69, 9.17) is 5.21 Å². The lowest BCUT2D eigenvalue weighted by Crippen LogP contribution is -2.44. The molecule has 0 aromatic carbocycles. The average Bonchev–Trinajstić information content (AvgIpc) is 2.05. The third-order valence-corrected chi connectivity index (χ3v) is 1.45. The van der Waals surface area contributed by atoms with Gasteiger partial charge in [-0.15, -0.1) is 0 Å². The molecule has 10 heavy (non-hydrogen) atoms. The largest absolute Gasteiger partial charge is 0.302 e. The third-order valence-electron chi connectivity index (χ3n) is 1.45. The van der Waals surface area contributed by atoms with Gasteiger partial charge in [0.15, 0.2) is 0 Å². The Kier molecular flexibility index (Phi) is 2.42. The molecule has 1 aliphatic heterocycles. The van der Waals surface area contributed by atoms with Gasteiger partial charge >= 0.3 is 0 Å². The fraction of sp³-hybridized carbons (Fsp3) is 0.500. The van der Waals surface area contributed by atoms with E-state index in [1.54, 1.807) is 5.48 Å². The summed E-state index contributed by atoms with van der Waals surface area (Å²) < 4.78 is 0. The van der Waals surface area contributed by atoms with Crippen molar-refractivity contribution in [3.8, 4) is 0 Å². The van der Waals surface area contributed by atoms with Crippen molar-refractivity contribution in [2.75, 3.05) is 6.54 Å². The molecule has 0 aliphatic carbocycles. The Morgan fingerprint density at radius 2 is 2.50 bits per heavy atom. The van der Waals surface area contributed by atoms with Gasteiger partial charge in [0.05, 0.1) is 6.04 Å². The Morgan fingerprint density at radius 1 is 1.70 bits per heavy atom. The Hall–Kier alpha value is -0.870. The highest BCUT2D eigenvalue weighted by atomic mass is 16.5. The van der Waals surface area contributed by atoms with Gasteiger partial charge in [-0.1, -0.05) is 12.2 Å². The van der Waals surface area contributed by atoms with Crippen molar-refractivity contribution in [1.82, 2.24) is 10.8 Å². The average molecular weight is 142 g/mol. The Balaban J connectivity index is 2.41. The van der Waals surface area contributed by atoms with E-state index in [9.17, 15) is 4.79 Å². The summed E-state index contributed by atoms with van der Waals surface area (Å²) in [5.74, 6) is -0.371. The summed E-state index contributed by atoms with van der Waals surface area (Å²) in [5, 5.41) is 11.1. The van der Waals surface area contributed by atoms with Gasteiger partial charge in [0, 0.05) is 6.54 Å². The van der Waals surface area contributed by atoms with E-state index in [-0.39, 0.29) is 11.9 Å². The summed E-state index contributed by atoms with van der Waals surface area (Å²) in [6.45, 7) is 0.693. The standard InChI is InChI=1S/C6H10N2O2/c9-6(8-10)5-3-1-2-4-7-5/h1-2,5,7,10H,3-4H2,(H,8,9). The summed E-state index contributed by atoms with van der Waals surface area (Å²) in [6, 6.07) is -0.269. The van der Waals surface area contributed by atoms with Crippen LogP contribution in [-0.2, 0) is 4.79 Å². The van der Waals surface area contributed by atoms with Crippen LogP contribution in [0.3, 0.4) is 0 Å². The molecule has 3 N–H and O–H groups in total. The van der Waals surface area contributed by atoms with Crippen molar-refractivity contribution in [1.29, 1.82) is 0 Å². The second-order valence-electron chi connectivity index (χ2n) is 2.14. The number of rotatable bonds is 1. The predicted molar refractivity (Wildman–Crippen MR) is 35.5 cm³/mol. The maximum absolute atomic E-state index is 10.7. The van der Waals surface area contributed by atoms with Crippen molar-refractivity contribution >= 4 is 5.91 Å². The Bertz CT molecular complexity index is 156. The molecule has 0 radical (unpaired) electrons. The zero-order valence-corrected chi connectivity index (χ0v) is 5.50. The first-order chi connectivity index (χ1) is 4.84. The van der Waals surface area contributed by atoms with E-state index < -0.39 is 0 Å². The molecule has 0 spiro atoms. The van der Waals surface area contributed by atoms with Gasteiger partial charge in [-0.2, -0.15) is 0 Å². The highest BCUT2D eigenvalue weighted by Gasteiger charge is 2.16. The second kappa shape index (κ2) is 3.34. The van der Waals surface area contributed by atoms with E-state index in [0.29, 0.717) is 13.0 Å². The quantitative estimate of drug-likeness (QED) is 0.260. The van der Waals surface area contributed by atoms with E-state index in [2.05, 4.69) is 5.32 Å². The van der Waals surface area contributed by atoms with Crippen LogP contribution in [0.4, 0.5) is 0 Å². The van der Waals surface area contributed by atoms with E-state index in [1.807, 2.05) is 12.2 Å². The lowest BCUT2D eigenvalue weighted by molar-refractivity contribution is -0.131. The highest BCUT2D eigenvalue weighted by molar-refractivity contribution is 5.80. The maximum Gasteiger partial charge on any atom is 0.260 e. The molecule has 0 saturated carbocycles. The monoisotopic (exact) mass is 142 g/mol. The second-order valence-corrected chi connectivity index (χ2v) is 2.14. The number of carbonyl (C=O) groups is 1. The highest BCUT2D eigenvalue weighted by Crippen LogP contribution is 1.98. The van der Waals surface area contributed by atoms with Crippen molar-refractivity contribution in [3.05, 3.63) is 12.2 Å². The van der Waals surface area contributed by atoms with E-state index in [0.717, 1.165) is 0 Å². The molecule has 1 aliphatic rings. The number of hydrogen-bond donors (Lipinski definition) is 3. The van der Waals surface area contributed by atoms with Crippen LogP contribution in [0.15, 0.2) is 12.2 Å². The first kappa shape index (κ1) is 7.24. The molecule has 1 amide bonds. The van der Waals surface area contributed by atoms with Crippen LogP contribution in [0.25, 0.3) is 0 Å². The SMILES string of the molecule is O=C(NO)C1CC=CCN1. The van der Waals surface area contributed by atoms with Gasteiger partial charge in [0.1, 0.15) is 0 Å². The molecule has 0 saturated heterocycles. The fourth-order valence-corrected chi connectivity index (χ4v) is 0.887. The van der Waals surface area contributed by atoms with E-state index in [1.165, 1.54) is 0 Å². The summed E-state index contributed by atoms with van der Waals surface area (Å²) in [5.41, 5.74) is 1.60. The van der Waals surface area contributed by atoms with Gasteiger partial charge in [-0.3, -0.25) is 10.0 Å². The minimum atomic E-state index is -0.371. The Morgan fingerprint density at radius 3 is 3.00 bits per heavy atom. The normalized spacial score (nSPS) is 24.3. The molecule has 0 fully saturated rings. The first-order valence-electron chi connectivity index (χ1n) is 3.17. The van der Waals surface area contributed by atoms with E-state index >= 15 is 0 Å². The van der Waals surface area contributed by atoms with Crippen LogP contribution in [0.2, 0.25) is 0 Å². The number of hydroxylamine groups is 1. The number of carbonyl (C=O) groups excluding carboxylic acids is 1. The Labute approximate surface area is 58.9 Å². The van der Waals surface area contributed by atoms with Crippen LogP contribution >= 0.6 is 0 Å². The molecule has 1 rings (SSSR count). The van der Waals surface area contributed by atoms with Crippen LogP contribution in [0.5, 0.6) is 0 Å². The molecule has 4 nitrogen and oxygen atoms in total. The third kappa shape index (κ3) is 1.55. The van der Waals surface area contributed by atoms with Crippen molar-refractivity contribution in [3.63, 3.8) is 0 Å². The zero-order chi connectivity index (χ0) is 7.40. The van der Waals surface area contributed by atoms with Crippen molar-refractivity contribution in [2.24, 2.45) is 0 Å². The molecular weight excluding hydrogens is 132 g/mol.